The molecule has 0 heterocycles. The second-order valence-corrected chi connectivity index (χ2v) is 6.20. The molecule has 0 spiro atoms. The maximum absolute atomic E-state index is 12.9. The molecule has 0 aliphatic rings. The Labute approximate surface area is 162 Å². The van der Waals surface area contributed by atoms with Gasteiger partial charge in [-0.15, -0.1) is 0 Å². The lowest BCUT2D eigenvalue weighted by atomic mass is 10.1. The van der Waals surface area contributed by atoms with Crippen LogP contribution in [0.3, 0.4) is 0 Å². The fourth-order valence-corrected chi connectivity index (χ4v) is 2.53. The molecule has 0 fully saturated rings. The zero-order chi connectivity index (χ0) is 20.4. The number of ether oxygens (including phenoxy) is 2. The van der Waals surface area contributed by atoms with Gasteiger partial charge in [0.1, 0.15) is 6.61 Å². The fraction of sp³-hybridized carbons (Fsp3) is 0.381. The Kier molecular flexibility index (Phi) is 8.32. The summed E-state index contributed by atoms with van der Waals surface area (Å²) >= 11 is 0. The minimum Gasteiger partial charge on any atom is -0.460 e. The highest BCUT2D eigenvalue weighted by atomic mass is 19.4. The molecule has 0 bridgehead atoms. The predicted molar refractivity (Wildman–Crippen MR) is 102 cm³/mol. The molecule has 0 radical (unpaired) electrons. The van der Waals surface area contributed by atoms with Crippen molar-refractivity contribution in [1.82, 2.24) is 0 Å². The number of hydrogen-bond donors (Lipinski definition) is 1. The third-order valence-corrected chi connectivity index (χ3v) is 3.97. The second kappa shape index (κ2) is 10.7. The topological polar surface area (TPSA) is 47.6 Å². The summed E-state index contributed by atoms with van der Waals surface area (Å²) in [6.45, 7) is 3.15. The van der Waals surface area contributed by atoms with Gasteiger partial charge in [-0.25, -0.2) is 4.79 Å². The third kappa shape index (κ3) is 6.88. The van der Waals surface area contributed by atoms with Gasteiger partial charge < -0.3 is 14.8 Å². The van der Waals surface area contributed by atoms with Crippen molar-refractivity contribution in [3.05, 3.63) is 59.7 Å². The Morgan fingerprint density at radius 1 is 1.00 bits per heavy atom. The predicted octanol–water partition coefficient (Wildman–Crippen LogP) is 5.81. The Bertz CT molecular complexity index is 763. The maximum atomic E-state index is 12.9. The summed E-state index contributed by atoms with van der Waals surface area (Å²) < 4.78 is 49.2. The molecule has 1 N–H and O–H groups in total. The Morgan fingerprint density at radius 3 is 2.54 bits per heavy atom. The lowest BCUT2D eigenvalue weighted by molar-refractivity contribution is -0.137. The highest BCUT2D eigenvalue weighted by molar-refractivity contribution is 5.96. The molecule has 0 atom stereocenters. The van der Waals surface area contributed by atoms with Crippen LogP contribution in [0.2, 0.25) is 0 Å². The van der Waals surface area contributed by atoms with E-state index >= 15 is 0 Å². The molecule has 0 saturated heterocycles. The fourth-order valence-electron chi connectivity index (χ4n) is 2.53. The number of benzene rings is 2. The van der Waals surface area contributed by atoms with E-state index in [-0.39, 0.29) is 17.9 Å². The molecule has 2 aromatic carbocycles. The number of carbonyl (C=O) groups excluding carboxylic acids is 1. The second-order valence-electron chi connectivity index (χ2n) is 6.20. The zero-order valence-corrected chi connectivity index (χ0v) is 15.7. The van der Waals surface area contributed by atoms with Crippen LogP contribution in [0.5, 0.6) is 0 Å². The summed E-state index contributed by atoms with van der Waals surface area (Å²) in [5.41, 5.74) is 0.0775. The summed E-state index contributed by atoms with van der Waals surface area (Å²) in [6, 6.07) is 11.3. The number of alkyl halides is 3. The highest BCUT2D eigenvalue weighted by Crippen LogP contribution is 2.31. The van der Waals surface area contributed by atoms with Gasteiger partial charge in [0.2, 0.25) is 0 Å². The smallest absolute Gasteiger partial charge is 0.416 e. The van der Waals surface area contributed by atoms with Crippen molar-refractivity contribution >= 4 is 17.3 Å². The first kappa shape index (κ1) is 21.8. The minimum atomic E-state index is -4.44. The van der Waals surface area contributed by atoms with E-state index in [2.05, 4.69) is 12.2 Å². The molecule has 0 saturated carbocycles. The van der Waals surface area contributed by atoms with Gasteiger partial charge >= 0.3 is 12.1 Å². The van der Waals surface area contributed by atoms with E-state index in [0.29, 0.717) is 18.9 Å². The van der Waals surface area contributed by atoms with E-state index in [0.717, 1.165) is 31.4 Å². The highest BCUT2D eigenvalue weighted by Gasteiger charge is 2.30. The van der Waals surface area contributed by atoms with E-state index in [9.17, 15) is 18.0 Å². The molecule has 152 valence electrons. The lowest BCUT2D eigenvalue weighted by Crippen LogP contribution is -2.13. The van der Waals surface area contributed by atoms with Crippen LogP contribution in [0.4, 0.5) is 24.5 Å². The van der Waals surface area contributed by atoms with Gasteiger partial charge in [0.15, 0.2) is 0 Å². The van der Waals surface area contributed by atoms with E-state index < -0.39 is 17.7 Å². The van der Waals surface area contributed by atoms with E-state index in [4.69, 9.17) is 9.47 Å². The molecular weight excluding hydrogens is 371 g/mol. The van der Waals surface area contributed by atoms with Crippen molar-refractivity contribution in [2.45, 2.75) is 32.4 Å². The van der Waals surface area contributed by atoms with E-state index in [1.54, 1.807) is 24.3 Å². The first-order valence-corrected chi connectivity index (χ1v) is 9.20. The number of halogens is 3. The van der Waals surface area contributed by atoms with Gasteiger partial charge in [0.25, 0.3) is 0 Å². The van der Waals surface area contributed by atoms with Crippen LogP contribution in [0.1, 0.15) is 42.1 Å². The summed E-state index contributed by atoms with van der Waals surface area (Å²) in [4.78, 5) is 12.3. The first-order chi connectivity index (χ1) is 13.4. The van der Waals surface area contributed by atoms with Gasteiger partial charge in [-0.2, -0.15) is 13.2 Å². The number of esters is 1. The van der Waals surface area contributed by atoms with Crippen molar-refractivity contribution < 1.29 is 27.4 Å². The van der Waals surface area contributed by atoms with Crippen LogP contribution >= 0.6 is 0 Å². The molecule has 0 aromatic heterocycles. The van der Waals surface area contributed by atoms with Crippen LogP contribution in [-0.2, 0) is 15.7 Å². The Morgan fingerprint density at radius 2 is 1.79 bits per heavy atom. The van der Waals surface area contributed by atoms with Crippen LogP contribution in [0.25, 0.3) is 0 Å². The monoisotopic (exact) mass is 395 g/mol. The van der Waals surface area contributed by atoms with Crippen LogP contribution in [0.15, 0.2) is 48.5 Å². The molecule has 28 heavy (non-hydrogen) atoms. The molecule has 7 heteroatoms. The van der Waals surface area contributed by atoms with Crippen molar-refractivity contribution in [3.8, 4) is 0 Å². The van der Waals surface area contributed by atoms with Crippen molar-refractivity contribution in [1.29, 1.82) is 0 Å². The number of rotatable bonds is 10. The van der Waals surface area contributed by atoms with Crippen LogP contribution < -0.4 is 5.32 Å². The van der Waals surface area contributed by atoms with Crippen molar-refractivity contribution in [2.75, 3.05) is 25.1 Å². The average Bonchev–Trinajstić information content (AvgIpc) is 2.67. The molecule has 4 nitrogen and oxygen atoms in total. The number of anilines is 2. The standard InChI is InChI=1S/C21H24F3NO3/c1-2-3-6-12-27-13-14-28-20(26)18-10-4-5-11-19(18)25-17-9-7-8-16(15-17)21(22,23)24/h4-5,7-11,15,25H,2-3,6,12-14H2,1H3. The zero-order valence-electron chi connectivity index (χ0n) is 15.7. The van der Waals surface area contributed by atoms with Gasteiger partial charge in [0.05, 0.1) is 23.4 Å². The number of carbonyl (C=O) groups is 1. The molecule has 0 amide bonds. The van der Waals surface area contributed by atoms with E-state index in [1.165, 1.54) is 12.1 Å². The van der Waals surface area contributed by atoms with Gasteiger partial charge in [-0.05, 0) is 36.8 Å². The summed E-state index contributed by atoms with van der Waals surface area (Å²) in [6.07, 6.45) is -1.27. The average molecular weight is 395 g/mol. The van der Waals surface area contributed by atoms with Crippen LogP contribution in [0, 0.1) is 0 Å². The third-order valence-electron chi connectivity index (χ3n) is 3.97. The number of unbranched alkanes of at least 4 members (excludes halogenated alkanes) is 2. The number of nitrogens with one attached hydrogen (secondary N) is 1. The number of hydrogen-bond acceptors (Lipinski definition) is 4. The number of para-hydroxylation sites is 1. The van der Waals surface area contributed by atoms with E-state index in [1.807, 2.05) is 0 Å². The van der Waals surface area contributed by atoms with Gasteiger partial charge in [-0.3, -0.25) is 0 Å². The Hall–Kier alpha value is -2.54. The molecule has 0 unspecified atom stereocenters. The molecular formula is C21H24F3NO3. The van der Waals surface area contributed by atoms with Crippen LogP contribution in [-0.4, -0.2) is 25.8 Å². The Balaban J connectivity index is 1.96. The normalized spacial score (nSPS) is 11.3. The minimum absolute atomic E-state index is 0.114. The van der Waals surface area contributed by atoms with Gasteiger partial charge in [0, 0.05) is 12.3 Å². The van der Waals surface area contributed by atoms with Crippen molar-refractivity contribution in [2.24, 2.45) is 0 Å². The first-order valence-electron chi connectivity index (χ1n) is 9.20. The summed E-state index contributed by atoms with van der Waals surface area (Å²) in [5, 5.41) is 2.86. The largest absolute Gasteiger partial charge is 0.460 e. The summed E-state index contributed by atoms with van der Waals surface area (Å²) in [7, 11) is 0. The molecule has 0 aliphatic heterocycles. The maximum Gasteiger partial charge on any atom is 0.416 e. The molecule has 0 aliphatic carbocycles. The van der Waals surface area contributed by atoms with Crippen molar-refractivity contribution in [3.63, 3.8) is 0 Å². The molecule has 2 rings (SSSR count). The SMILES string of the molecule is CCCCCOCCOC(=O)c1ccccc1Nc1cccc(C(F)(F)F)c1. The lowest BCUT2D eigenvalue weighted by Gasteiger charge is -2.13. The molecule has 2 aromatic rings. The quantitative estimate of drug-likeness (QED) is 0.407. The summed E-state index contributed by atoms with van der Waals surface area (Å²) in [5.74, 6) is -0.563. The van der Waals surface area contributed by atoms with Gasteiger partial charge in [-0.1, -0.05) is 38.0 Å².